The number of hydrogen-bond acceptors (Lipinski definition) is 28. The summed E-state index contributed by atoms with van der Waals surface area (Å²) in [7, 11) is 1.18. The number of rotatable bonds is 19. The van der Waals surface area contributed by atoms with Crippen LogP contribution in [-0.4, -0.2) is 288 Å². The molecule has 0 aromatic heterocycles. The second kappa shape index (κ2) is 24.4. The normalized spacial score (nSPS) is 46.1. The molecular weight excluding hydrogens is 944 g/mol. The van der Waals surface area contributed by atoms with Crippen LogP contribution in [0.1, 0.15) is 27.2 Å². The number of hydrogen-bond donors (Lipinski definition) is 16. The summed E-state index contributed by atoms with van der Waals surface area (Å²) >= 11 is 0. The lowest BCUT2D eigenvalue weighted by atomic mass is 9.88. The Hall–Kier alpha value is -2.55. The SMILES string of the molecule is COCC1O[C@@H](O[C@@H]2C(O)[C@H](O[C@@H]3C(CO)O[C@@H](C)[C@@H](O)C3O)OC(CO)[C@@H]2O)[C@@H](NC(C)=O)C(O)[C@@H]1O[C@@H]1OC(CO)[C@H](O)C(O[C@]2(C(=O)[O-])C[C@@H](O)[C@@H](NC(C)=O)C(C(O)C(O)CO)O2)[C@@H]1O. The summed E-state index contributed by atoms with van der Waals surface area (Å²) in [6.07, 6.45) is -43.9. The zero-order chi connectivity index (χ0) is 51.4. The smallest absolute Gasteiger partial charge is 0.217 e. The van der Waals surface area contributed by atoms with Crippen molar-refractivity contribution in [2.75, 3.05) is 40.1 Å². The van der Waals surface area contributed by atoms with E-state index < -0.39 is 216 Å². The van der Waals surface area contributed by atoms with Crippen LogP contribution in [0.5, 0.6) is 0 Å². The topological polar surface area (TPSA) is 474 Å². The van der Waals surface area contributed by atoms with Crippen LogP contribution in [-0.2, 0) is 61.8 Å². The fraction of sp³-hybridized carbons (Fsp3) is 0.923. The maximum atomic E-state index is 12.9. The lowest BCUT2D eigenvalue weighted by Gasteiger charge is -2.52. The molecule has 5 aliphatic heterocycles. The second-order valence-corrected chi connectivity index (χ2v) is 17.4. The van der Waals surface area contributed by atoms with Gasteiger partial charge in [0.15, 0.2) is 18.9 Å². The molecule has 69 heavy (non-hydrogen) atoms. The van der Waals surface area contributed by atoms with Crippen LogP contribution in [0.2, 0.25) is 0 Å². The Bertz CT molecular complexity index is 1670. The van der Waals surface area contributed by atoms with Crippen molar-refractivity contribution in [1.82, 2.24) is 10.6 Å². The molecule has 0 aliphatic carbocycles. The monoisotopic (exact) mass is 1010 g/mol. The predicted octanol–water partition coefficient (Wildman–Crippen LogP) is -12.0. The Morgan fingerprint density at radius 3 is 1.64 bits per heavy atom. The van der Waals surface area contributed by atoms with Gasteiger partial charge >= 0.3 is 0 Å². The maximum Gasteiger partial charge on any atom is 0.217 e. The van der Waals surface area contributed by atoms with E-state index in [-0.39, 0.29) is 0 Å². The molecule has 30 heteroatoms. The third kappa shape index (κ3) is 12.5. The molecule has 5 aliphatic rings. The molecule has 5 saturated heterocycles. The van der Waals surface area contributed by atoms with Crippen LogP contribution in [0, 0.1) is 0 Å². The zero-order valence-corrected chi connectivity index (χ0v) is 37.7. The summed E-state index contributed by atoms with van der Waals surface area (Å²) in [4.78, 5) is 37.5. The number of aliphatic carboxylic acids is 1. The Morgan fingerprint density at radius 1 is 0.638 bits per heavy atom. The highest BCUT2D eigenvalue weighted by Gasteiger charge is 2.59. The summed E-state index contributed by atoms with van der Waals surface area (Å²) in [5.74, 6) is -7.18. The van der Waals surface area contributed by atoms with Crippen molar-refractivity contribution in [3.05, 3.63) is 0 Å². The van der Waals surface area contributed by atoms with Gasteiger partial charge in [0.05, 0.1) is 51.3 Å². The third-order valence-electron chi connectivity index (χ3n) is 12.5. The summed E-state index contributed by atoms with van der Waals surface area (Å²) < 4.78 is 57.0. The quantitative estimate of drug-likeness (QED) is 0.0571. The van der Waals surface area contributed by atoms with Gasteiger partial charge in [-0.2, -0.15) is 0 Å². The Labute approximate surface area is 392 Å². The van der Waals surface area contributed by atoms with Crippen molar-refractivity contribution >= 4 is 17.8 Å². The number of aliphatic hydroxyl groups is 14. The van der Waals surface area contributed by atoms with E-state index in [4.69, 9.17) is 47.4 Å². The van der Waals surface area contributed by atoms with E-state index >= 15 is 0 Å². The van der Waals surface area contributed by atoms with E-state index in [0.717, 1.165) is 13.8 Å². The van der Waals surface area contributed by atoms with Crippen LogP contribution in [0.4, 0.5) is 0 Å². The van der Waals surface area contributed by atoms with Gasteiger partial charge in [-0.3, -0.25) is 9.59 Å². The molecule has 5 rings (SSSR count). The largest absolute Gasteiger partial charge is 0.544 e. The first-order valence-corrected chi connectivity index (χ1v) is 21.9. The highest BCUT2D eigenvalue weighted by atomic mass is 16.8. The summed E-state index contributed by atoms with van der Waals surface area (Å²) in [6, 6.07) is -3.40. The number of nitrogens with one attached hydrogen (secondary N) is 2. The number of carboxylic acids is 1. The van der Waals surface area contributed by atoms with Crippen molar-refractivity contribution in [1.29, 1.82) is 0 Å². The average Bonchev–Trinajstić information content (AvgIpc) is 3.30. The van der Waals surface area contributed by atoms with Crippen LogP contribution in [0.25, 0.3) is 0 Å². The zero-order valence-electron chi connectivity index (χ0n) is 37.7. The molecule has 0 radical (unpaired) electrons. The molecule has 5 heterocycles. The molecule has 26 atom stereocenters. The van der Waals surface area contributed by atoms with E-state index in [1.165, 1.54) is 14.0 Å². The van der Waals surface area contributed by atoms with E-state index in [1.54, 1.807) is 0 Å². The van der Waals surface area contributed by atoms with Gasteiger partial charge in [0.2, 0.25) is 17.6 Å². The van der Waals surface area contributed by atoms with Gasteiger partial charge in [0.1, 0.15) is 122 Å². The minimum Gasteiger partial charge on any atom is -0.544 e. The van der Waals surface area contributed by atoms with Crippen molar-refractivity contribution in [3.8, 4) is 0 Å². The van der Waals surface area contributed by atoms with Gasteiger partial charge in [0.25, 0.3) is 0 Å². The van der Waals surface area contributed by atoms with Crippen molar-refractivity contribution in [3.63, 3.8) is 0 Å². The van der Waals surface area contributed by atoms with Gasteiger partial charge in [-0.05, 0) is 6.92 Å². The third-order valence-corrected chi connectivity index (χ3v) is 12.5. The molecule has 400 valence electrons. The van der Waals surface area contributed by atoms with E-state index in [9.17, 15) is 91.0 Å². The van der Waals surface area contributed by atoms with Crippen molar-refractivity contribution < 1.29 is 138 Å². The highest BCUT2D eigenvalue weighted by molar-refractivity contribution is 5.75. The fourth-order valence-electron chi connectivity index (χ4n) is 8.89. The highest BCUT2D eigenvalue weighted by Crippen LogP contribution is 2.39. The van der Waals surface area contributed by atoms with E-state index in [2.05, 4.69) is 10.6 Å². The average molecular weight is 1010 g/mol. The lowest BCUT2D eigenvalue weighted by Crippen LogP contribution is -2.72. The molecular formula is C39H65N2O28-. The molecule has 0 bridgehead atoms. The number of ether oxygens (including phenoxy) is 10. The summed E-state index contributed by atoms with van der Waals surface area (Å²) in [5.41, 5.74) is 0. The molecule has 0 saturated carbocycles. The second-order valence-electron chi connectivity index (χ2n) is 17.4. The summed E-state index contributed by atoms with van der Waals surface area (Å²) in [5, 5.41) is 168. The standard InChI is InChI=1S/C39H66N2O28/c1-11-22(50)27(55)30(18(9-45)61-11)65-36-28(56)33(24(52)16(7-43)62-36)67-35-21(41-13(3)47)26(54)31(19(64-35)10-60-4)66-37-29(57)34(25(53)17(8-44)63-37)69-39(38(58)59)5-14(48)20(40-12(2)46)32(68-39)23(51)15(49)6-42/h11,14-37,42-45,48-57H,5-10H2,1-4H3,(H,40,46)(H,41,47)(H,58,59)/p-1/t11-,14+,15?,16?,17?,18?,19?,20+,21-,22+,23?,24-,25-,26?,27?,28?,29-,30+,31+,32?,33-,34?,35-,36-,37-,39-/m0/s1. The van der Waals surface area contributed by atoms with E-state index in [0.29, 0.717) is 0 Å². The molecule has 0 aromatic rings. The van der Waals surface area contributed by atoms with Crippen molar-refractivity contribution in [2.24, 2.45) is 0 Å². The number of carboxylic acid groups (broad SMARTS) is 1. The van der Waals surface area contributed by atoms with E-state index in [1.807, 2.05) is 0 Å². The van der Waals surface area contributed by atoms with Gasteiger partial charge in [-0.15, -0.1) is 0 Å². The van der Waals surface area contributed by atoms with Crippen LogP contribution in [0.3, 0.4) is 0 Å². The van der Waals surface area contributed by atoms with Crippen molar-refractivity contribution in [2.45, 2.75) is 186 Å². The first-order valence-electron chi connectivity index (χ1n) is 21.9. The van der Waals surface area contributed by atoms with Crippen LogP contribution < -0.4 is 15.7 Å². The van der Waals surface area contributed by atoms with Gasteiger partial charge in [-0.25, -0.2) is 0 Å². The minimum atomic E-state index is -3.25. The molecule has 30 nitrogen and oxygen atoms in total. The maximum absolute atomic E-state index is 12.9. The number of amides is 2. The first-order chi connectivity index (χ1) is 32.5. The minimum absolute atomic E-state index is 0.520. The Balaban J connectivity index is 1.42. The number of methoxy groups -OCH3 is 1. The fourth-order valence-corrected chi connectivity index (χ4v) is 8.89. The van der Waals surface area contributed by atoms with Gasteiger partial charge < -0.3 is 139 Å². The molecule has 16 N–H and O–H groups in total. The summed E-state index contributed by atoms with van der Waals surface area (Å²) in [6.45, 7) is -0.936. The number of carbonyl (C=O) groups is 3. The molecule has 0 aromatic carbocycles. The van der Waals surface area contributed by atoms with Gasteiger partial charge in [0, 0.05) is 27.4 Å². The van der Waals surface area contributed by atoms with Crippen LogP contribution in [0.15, 0.2) is 0 Å². The van der Waals surface area contributed by atoms with Gasteiger partial charge in [-0.1, -0.05) is 0 Å². The van der Waals surface area contributed by atoms with Crippen LogP contribution >= 0.6 is 0 Å². The predicted molar refractivity (Wildman–Crippen MR) is 213 cm³/mol. The lowest BCUT2D eigenvalue weighted by molar-refractivity contribution is -0.411. The number of carbonyl (C=O) groups excluding carboxylic acids is 3. The molecule has 5 fully saturated rings. The Morgan fingerprint density at radius 2 is 1.13 bits per heavy atom. The molecule has 0 spiro atoms. The molecule has 2 amide bonds. The molecule has 11 unspecified atom stereocenters. The Kier molecular flexibility index (Phi) is 20.3. The number of aliphatic hydroxyl groups excluding tert-OH is 14. The first kappa shape index (κ1) is 57.4.